The highest BCUT2D eigenvalue weighted by Crippen LogP contribution is 2.39. The second kappa shape index (κ2) is 3.69. The zero-order valence-corrected chi connectivity index (χ0v) is 7.74. The average molecular weight is 177 g/mol. The average Bonchev–Trinajstić information content (AvgIpc) is 2.75. The molecule has 72 valence electrons. The molecule has 1 unspecified atom stereocenters. The highest BCUT2D eigenvalue weighted by Gasteiger charge is 2.55. The number of rotatable bonds is 5. The SMILES string of the molecule is CC[C@H](CCF)C1N[C@]1(F)CC. The summed E-state index contributed by atoms with van der Waals surface area (Å²) >= 11 is 0. The van der Waals surface area contributed by atoms with E-state index in [0.717, 1.165) is 6.42 Å². The largest absolute Gasteiger partial charge is 0.276 e. The fourth-order valence-corrected chi connectivity index (χ4v) is 1.78. The van der Waals surface area contributed by atoms with E-state index >= 15 is 0 Å². The van der Waals surface area contributed by atoms with Crippen molar-refractivity contribution < 1.29 is 8.78 Å². The maximum Gasteiger partial charge on any atom is 0.177 e. The van der Waals surface area contributed by atoms with E-state index in [-0.39, 0.29) is 18.6 Å². The lowest BCUT2D eigenvalue weighted by molar-refractivity contribution is 0.250. The molecule has 0 aliphatic carbocycles. The van der Waals surface area contributed by atoms with Crippen LogP contribution >= 0.6 is 0 Å². The summed E-state index contributed by atoms with van der Waals surface area (Å²) in [5, 5.41) is 2.80. The molecule has 3 heteroatoms. The van der Waals surface area contributed by atoms with Gasteiger partial charge in [0.25, 0.3) is 0 Å². The van der Waals surface area contributed by atoms with E-state index in [4.69, 9.17) is 0 Å². The third-order valence-corrected chi connectivity index (χ3v) is 2.80. The van der Waals surface area contributed by atoms with Crippen molar-refractivity contribution in [1.29, 1.82) is 0 Å². The Bertz CT molecular complexity index is 149. The summed E-state index contributed by atoms with van der Waals surface area (Å²) in [4.78, 5) is 0. The van der Waals surface area contributed by atoms with Gasteiger partial charge in [-0.05, 0) is 18.8 Å². The van der Waals surface area contributed by atoms with E-state index in [0.29, 0.717) is 12.8 Å². The Labute approximate surface area is 72.5 Å². The number of hydrogen-bond donors (Lipinski definition) is 1. The van der Waals surface area contributed by atoms with Gasteiger partial charge in [-0.3, -0.25) is 9.71 Å². The van der Waals surface area contributed by atoms with Gasteiger partial charge >= 0.3 is 0 Å². The minimum Gasteiger partial charge on any atom is -0.276 e. The maximum atomic E-state index is 13.4. The molecule has 0 bridgehead atoms. The zero-order valence-electron chi connectivity index (χ0n) is 7.74. The van der Waals surface area contributed by atoms with Gasteiger partial charge in [0.1, 0.15) is 0 Å². The van der Waals surface area contributed by atoms with Crippen molar-refractivity contribution in [2.75, 3.05) is 6.67 Å². The second-order valence-electron chi connectivity index (χ2n) is 3.48. The van der Waals surface area contributed by atoms with E-state index < -0.39 is 5.79 Å². The van der Waals surface area contributed by atoms with Crippen molar-refractivity contribution >= 4 is 0 Å². The Morgan fingerprint density at radius 2 is 2.17 bits per heavy atom. The summed E-state index contributed by atoms with van der Waals surface area (Å²) in [6.45, 7) is 3.46. The Hall–Kier alpha value is -0.180. The topological polar surface area (TPSA) is 21.9 Å². The molecule has 1 heterocycles. The molecule has 0 spiro atoms. The minimum atomic E-state index is -1.18. The zero-order chi connectivity index (χ0) is 9.19. The summed E-state index contributed by atoms with van der Waals surface area (Å²) in [6, 6.07) is -0.0942. The smallest absolute Gasteiger partial charge is 0.177 e. The first-order valence-corrected chi connectivity index (χ1v) is 4.70. The monoisotopic (exact) mass is 177 g/mol. The van der Waals surface area contributed by atoms with Gasteiger partial charge in [0.15, 0.2) is 5.79 Å². The standard InChI is InChI=1S/C9H17F2N/c1-3-7(5-6-10)8-9(11,4-2)12-8/h7-8,12H,3-6H2,1-2H3/t7-,8?,9-/m1/s1. The van der Waals surface area contributed by atoms with Crippen molar-refractivity contribution in [1.82, 2.24) is 5.32 Å². The molecule has 0 aromatic carbocycles. The van der Waals surface area contributed by atoms with Crippen LogP contribution in [-0.4, -0.2) is 18.5 Å². The molecular weight excluding hydrogens is 160 g/mol. The number of halogens is 2. The van der Waals surface area contributed by atoms with Crippen LogP contribution in [0.5, 0.6) is 0 Å². The third-order valence-electron chi connectivity index (χ3n) is 2.80. The second-order valence-corrected chi connectivity index (χ2v) is 3.48. The highest BCUT2D eigenvalue weighted by molar-refractivity contribution is 5.08. The molecule has 1 rings (SSSR count). The predicted molar refractivity (Wildman–Crippen MR) is 45.4 cm³/mol. The molecular formula is C9H17F2N. The molecule has 0 saturated carbocycles. The summed E-state index contributed by atoms with van der Waals surface area (Å²) in [5.74, 6) is -1.02. The first kappa shape index (κ1) is 9.90. The minimum absolute atomic E-state index is 0.0942. The van der Waals surface area contributed by atoms with E-state index in [2.05, 4.69) is 5.32 Å². The molecule has 0 amide bonds. The quantitative estimate of drug-likeness (QED) is 0.505. The summed E-state index contributed by atoms with van der Waals surface area (Å²) in [7, 11) is 0. The van der Waals surface area contributed by atoms with Gasteiger partial charge in [0.2, 0.25) is 0 Å². The van der Waals surface area contributed by atoms with Crippen LogP contribution in [0.2, 0.25) is 0 Å². The summed E-state index contributed by atoms with van der Waals surface area (Å²) < 4.78 is 25.4. The highest BCUT2D eigenvalue weighted by atomic mass is 19.2. The van der Waals surface area contributed by atoms with Gasteiger partial charge in [-0.15, -0.1) is 0 Å². The fourth-order valence-electron chi connectivity index (χ4n) is 1.78. The number of alkyl halides is 2. The Morgan fingerprint density at radius 3 is 2.50 bits per heavy atom. The van der Waals surface area contributed by atoms with Crippen molar-refractivity contribution in [3.8, 4) is 0 Å². The van der Waals surface area contributed by atoms with E-state index in [1.54, 1.807) is 0 Å². The Kier molecular flexibility index (Phi) is 3.04. The van der Waals surface area contributed by atoms with Gasteiger partial charge < -0.3 is 0 Å². The first-order valence-electron chi connectivity index (χ1n) is 4.70. The van der Waals surface area contributed by atoms with Crippen LogP contribution in [0.15, 0.2) is 0 Å². The van der Waals surface area contributed by atoms with Gasteiger partial charge in [0.05, 0.1) is 12.7 Å². The Balaban J connectivity index is 2.38. The molecule has 1 nitrogen and oxygen atoms in total. The van der Waals surface area contributed by atoms with Crippen LogP contribution in [-0.2, 0) is 0 Å². The number of nitrogens with one attached hydrogen (secondary N) is 1. The molecule has 1 aliphatic heterocycles. The van der Waals surface area contributed by atoms with Crippen LogP contribution in [0.1, 0.15) is 33.1 Å². The van der Waals surface area contributed by atoms with Crippen molar-refractivity contribution in [3.05, 3.63) is 0 Å². The maximum absolute atomic E-state index is 13.4. The normalized spacial score (nSPS) is 36.5. The Morgan fingerprint density at radius 1 is 1.50 bits per heavy atom. The van der Waals surface area contributed by atoms with Crippen LogP contribution in [0.25, 0.3) is 0 Å². The third kappa shape index (κ3) is 1.76. The van der Waals surface area contributed by atoms with Crippen LogP contribution in [0.4, 0.5) is 8.78 Å². The van der Waals surface area contributed by atoms with Gasteiger partial charge in [0, 0.05) is 0 Å². The van der Waals surface area contributed by atoms with Crippen LogP contribution < -0.4 is 5.32 Å². The molecule has 1 fully saturated rings. The summed E-state index contributed by atoms with van der Waals surface area (Å²) in [5.41, 5.74) is 0. The van der Waals surface area contributed by atoms with E-state index in [1.807, 2.05) is 13.8 Å². The van der Waals surface area contributed by atoms with E-state index in [9.17, 15) is 8.78 Å². The molecule has 0 aromatic heterocycles. The molecule has 3 atom stereocenters. The molecule has 1 saturated heterocycles. The lowest BCUT2D eigenvalue weighted by Crippen LogP contribution is -2.16. The van der Waals surface area contributed by atoms with Crippen molar-refractivity contribution in [3.63, 3.8) is 0 Å². The van der Waals surface area contributed by atoms with Crippen LogP contribution in [0.3, 0.4) is 0 Å². The fraction of sp³-hybridized carbons (Fsp3) is 1.00. The van der Waals surface area contributed by atoms with Crippen LogP contribution in [0, 0.1) is 5.92 Å². The molecule has 1 N–H and O–H groups in total. The van der Waals surface area contributed by atoms with Gasteiger partial charge in [-0.2, -0.15) is 0 Å². The molecule has 12 heavy (non-hydrogen) atoms. The number of hydrogen-bond acceptors (Lipinski definition) is 1. The van der Waals surface area contributed by atoms with Gasteiger partial charge in [-0.25, -0.2) is 4.39 Å². The predicted octanol–water partition coefficient (Wildman–Crippen LogP) is 2.42. The van der Waals surface area contributed by atoms with E-state index in [1.165, 1.54) is 0 Å². The van der Waals surface area contributed by atoms with Crippen molar-refractivity contribution in [2.45, 2.75) is 44.9 Å². The molecule has 1 aliphatic rings. The molecule has 0 aromatic rings. The summed E-state index contributed by atoms with van der Waals surface area (Å²) in [6.07, 6.45) is 1.83. The van der Waals surface area contributed by atoms with Crippen molar-refractivity contribution in [2.24, 2.45) is 5.92 Å². The first-order chi connectivity index (χ1) is 5.68. The van der Waals surface area contributed by atoms with Gasteiger partial charge in [-0.1, -0.05) is 20.3 Å². The lowest BCUT2D eigenvalue weighted by Gasteiger charge is -2.11. The molecule has 0 radical (unpaired) electrons. The lowest BCUT2D eigenvalue weighted by atomic mass is 9.95.